The molecule has 0 radical (unpaired) electrons. The quantitative estimate of drug-likeness (QED) is 0.725. The Morgan fingerprint density at radius 3 is 1.71 bits per heavy atom. The third-order valence-corrected chi connectivity index (χ3v) is 3.91. The smallest absolute Gasteiger partial charge is 0.0569 e. The number of allylic oxidation sites excluding steroid dienone is 5. The average Bonchev–Trinajstić information content (AvgIpc) is 2.55. The van der Waals surface area contributed by atoms with Crippen LogP contribution in [-0.4, -0.2) is 5.71 Å². The van der Waals surface area contributed by atoms with Gasteiger partial charge in [0.2, 0.25) is 0 Å². The lowest BCUT2D eigenvalue weighted by molar-refractivity contribution is -0.00000483. The number of hydrogen-bond donors (Lipinski definition) is 3. The van der Waals surface area contributed by atoms with Crippen LogP contribution in [0.15, 0.2) is 77.9 Å². The van der Waals surface area contributed by atoms with E-state index < -0.39 is 0 Å². The molecule has 0 atom stereocenters. The first-order chi connectivity index (χ1) is 11.0. The number of nitrogens with one attached hydrogen (secondary N) is 1. The van der Waals surface area contributed by atoms with E-state index in [0.29, 0.717) is 5.71 Å². The minimum Gasteiger partial charge on any atom is -1.00 e. The van der Waals surface area contributed by atoms with Crippen molar-refractivity contribution >= 4 is 22.7 Å². The first-order valence-electron chi connectivity index (χ1n) is 7.46. The molecule has 3 rings (SSSR count). The van der Waals surface area contributed by atoms with Crippen molar-refractivity contribution in [3.05, 3.63) is 89.0 Å². The summed E-state index contributed by atoms with van der Waals surface area (Å²) in [5.74, 6) is 0. The lowest BCUT2D eigenvalue weighted by atomic mass is 9.89. The van der Waals surface area contributed by atoms with E-state index in [1.54, 1.807) is 0 Å². The molecule has 4 heteroatoms. The second-order valence-electron chi connectivity index (χ2n) is 5.65. The summed E-state index contributed by atoms with van der Waals surface area (Å²) in [5.41, 5.74) is 19.0. The molecule has 0 aromatic heterocycles. The number of nitrogen functional groups attached to an aromatic ring is 2. The van der Waals surface area contributed by atoms with Crippen LogP contribution < -0.4 is 23.9 Å². The second-order valence-corrected chi connectivity index (χ2v) is 5.65. The van der Waals surface area contributed by atoms with Crippen molar-refractivity contribution in [2.24, 2.45) is 0 Å². The predicted octanol–water partition coefficient (Wildman–Crippen LogP) is 1.44. The van der Waals surface area contributed by atoms with Crippen molar-refractivity contribution in [2.75, 3.05) is 11.5 Å². The lowest BCUT2D eigenvalue weighted by Crippen LogP contribution is -3.00. The summed E-state index contributed by atoms with van der Waals surface area (Å²) < 4.78 is 0. The number of hydrogen-bond acceptors (Lipinski definition) is 3. The summed E-state index contributed by atoms with van der Waals surface area (Å²) in [7, 11) is 0. The maximum atomic E-state index is 7.88. The molecule has 1 aliphatic rings. The number of benzene rings is 2. The van der Waals surface area contributed by atoms with Gasteiger partial charge in [0.15, 0.2) is 0 Å². The SMILES string of the molecule is CC1=CC(=C(c2ccc(N)cc2)c2ccc(N)cc2)C=CC1=N.[Cl-].[HH]. The van der Waals surface area contributed by atoms with Crippen molar-refractivity contribution in [1.82, 2.24) is 0 Å². The zero-order valence-electron chi connectivity index (χ0n) is 13.4. The zero-order valence-corrected chi connectivity index (χ0v) is 14.1. The zero-order chi connectivity index (χ0) is 16.4. The van der Waals surface area contributed by atoms with Crippen LogP contribution in [0.1, 0.15) is 19.5 Å². The van der Waals surface area contributed by atoms with Gasteiger partial charge in [-0.2, -0.15) is 0 Å². The molecule has 5 N–H and O–H groups in total. The van der Waals surface area contributed by atoms with E-state index in [4.69, 9.17) is 16.9 Å². The molecule has 0 aliphatic heterocycles. The van der Waals surface area contributed by atoms with Crippen molar-refractivity contribution in [1.29, 1.82) is 5.41 Å². The number of nitrogens with two attached hydrogens (primary N) is 2. The van der Waals surface area contributed by atoms with Crippen molar-refractivity contribution in [3.8, 4) is 0 Å². The molecule has 0 heterocycles. The van der Waals surface area contributed by atoms with Gasteiger partial charge in [-0.1, -0.05) is 30.3 Å². The van der Waals surface area contributed by atoms with Crippen LogP contribution in [0.4, 0.5) is 11.4 Å². The highest BCUT2D eigenvalue weighted by molar-refractivity contribution is 6.08. The molecule has 124 valence electrons. The molecule has 0 amide bonds. The third kappa shape index (κ3) is 3.58. The van der Waals surface area contributed by atoms with Crippen LogP contribution in [0.3, 0.4) is 0 Å². The highest BCUT2D eigenvalue weighted by Gasteiger charge is 2.12. The van der Waals surface area contributed by atoms with Crippen molar-refractivity contribution < 1.29 is 13.8 Å². The maximum Gasteiger partial charge on any atom is 0.0569 e. The van der Waals surface area contributed by atoms with Gasteiger partial charge in [-0.15, -0.1) is 0 Å². The van der Waals surface area contributed by atoms with Gasteiger partial charge in [0.25, 0.3) is 0 Å². The van der Waals surface area contributed by atoms with Gasteiger partial charge in [0.05, 0.1) is 5.71 Å². The van der Waals surface area contributed by atoms with Crippen LogP contribution >= 0.6 is 0 Å². The summed E-state index contributed by atoms with van der Waals surface area (Å²) in [6.45, 7) is 1.95. The number of rotatable bonds is 2. The largest absolute Gasteiger partial charge is 1.00 e. The molecule has 0 saturated heterocycles. The fraction of sp³-hybridized carbons (Fsp3) is 0.0500. The summed E-state index contributed by atoms with van der Waals surface area (Å²) in [4.78, 5) is 0. The Balaban J connectivity index is 0.00000156. The van der Waals surface area contributed by atoms with Crippen molar-refractivity contribution in [3.63, 3.8) is 0 Å². The van der Waals surface area contributed by atoms with E-state index in [2.05, 4.69) is 0 Å². The topological polar surface area (TPSA) is 75.9 Å². The molecule has 0 bridgehead atoms. The minimum absolute atomic E-state index is 0. The maximum absolute atomic E-state index is 7.88. The Labute approximate surface area is 149 Å². The summed E-state index contributed by atoms with van der Waals surface area (Å²) >= 11 is 0. The van der Waals surface area contributed by atoms with Gasteiger partial charge in [-0.3, -0.25) is 0 Å². The Kier molecular flexibility index (Phi) is 5.27. The molecule has 2 aromatic rings. The molecule has 0 spiro atoms. The van der Waals surface area contributed by atoms with Crippen LogP contribution in [0.2, 0.25) is 0 Å². The summed E-state index contributed by atoms with van der Waals surface area (Å²) in [5, 5.41) is 7.88. The van der Waals surface area contributed by atoms with E-state index in [1.165, 1.54) is 0 Å². The molecule has 0 saturated carbocycles. The van der Waals surface area contributed by atoms with Gasteiger partial charge in [-0.05, 0) is 71.2 Å². The van der Waals surface area contributed by atoms with Gasteiger partial charge in [-0.25, -0.2) is 0 Å². The molecule has 0 unspecified atom stereocenters. The molecule has 3 nitrogen and oxygen atoms in total. The molecular weight excluding hydrogens is 318 g/mol. The van der Waals surface area contributed by atoms with Crippen LogP contribution in [-0.2, 0) is 0 Å². The summed E-state index contributed by atoms with van der Waals surface area (Å²) in [6.07, 6.45) is 5.86. The van der Waals surface area contributed by atoms with E-state index >= 15 is 0 Å². The predicted molar refractivity (Wildman–Crippen MR) is 100 cm³/mol. The fourth-order valence-corrected chi connectivity index (χ4v) is 2.62. The molecule has 1 aliphatic carbocycles. The van der Waals surface area contributed by atoms with Gasteiger partial charge in [0, 0.05) is 12.8 Å². The van der Waals surface area contributed by atoms with E-state index in [9.17, 15) is 0 Å². The monoisotopic (exact) mass is 338 g/mol. The van der Waals surface area contributed by atoms with E-state index in [0.717, 1.165) is 39.2 Å². The Bertz CT molecular complexity index is 800. The van der Waals surface area contributed by atoms with Crippen molar-refractivity contribution in [2.45, 2.75) is 6.92 Å². The molecule has 2 aromatic carbocycles. The number of halogens is 1. The second kappa shape index (κ2) is 7.20. The third-order valence-electron chi connectivity index (χ3n) is 3.91. The van der Waals surface area contributed by atoms with E-state index in [1.807, 2.05) is 73.7 Å². The Morgan fingerprint density at radius 2 is 1.29 bits per heavy atom. The highest BCUT2D eigenvalue weighted by Crippen LogP contribution is 2.31. The van der Waals surface area contributed by atoms with E-state index in [-0.39, 0.29) is 13.8 Å². The van der Waals surface area contributed by atoms with Crippen LogP contribution in [0, 0.1) is 5.41 Å². The Morgan fingerprint density at radius 1 is 0.833 bits per heavy atom. The average molecular weight is 339 g/mol. The Hall–Kier alpha value is -2.78. The minimum atomic E-state index is 0. The fourth-order valence-electron chi connectivity index (χ4n) is 2.62. The molecule has 24 heavy (non-hydrogen) atoms. The number of anilines is 2. The van der Waals surface area contributed by atoms with Gasteiger partial charge < -0.3 is 29.3 Å². The van der Waals surface area contributed by atoms with Gasteiger partial charge >= 0.3 is 0 Å². The molecule has 0 fully saturated rings. The van der Waals surface area contributed by atoms with Crippen LogP contribution in [0.25, 0.3) is 5.57 Å². The molecular formula is C20H21ClN3-. The van der Waals surface area contributed by atoms with Crippen LogP contribution in [0.5, 0.6) is 0 Å². The standard InChI is InChI=1S/C20H19N3.ClH.H2/c1-13-12-16(6-11-19(13)23)20(14-2-7-17(21)8-3-14)15-4-9-18(22)10-5-15;;/h2-12,23H,21-22H2,1H3;2*1H/p-1. The normalized spacial score (nSPS) is 13.3. The summed E-state index contributed by atoms with van der Waals surface area (Å²) in [6, 6.07) is 15.7. The highest BCUT2D eigenvalue weighted by atomic mass is 35.5. The van der Waals surface area contributed by atoms with Gasteiger partial charge in [0.1, 0.15) is 0 Å². The first kappa shape index (κ1) is 17.6. The first-order valence-corrected chi connectivity index (χ1v) is 7.46. The lowest BCUT2D eigenvalue weighted by Gasteiger charge is -2.16.